The zero-order valence-corrected chi connectivity index (χ0v) is 9.12. The topological polar surface area (TPSA) is 35.5 Å². The molecule has 0 spiro atoms. The highest BCUT2D eigenvalue weighted by atomic mass is 16.5. The van der Waals surface area contributed by atoms with E-state index in [2.05, 4.69) is 0 Å². The summed E-state index contributed by atoms with van der Waals surface area (Å²) in [6.07, 6.45) is 5.20. The van der Waals surface area contributed by atoms with Crippen LogP contribution in [-0.4, -0.2) is 25.3 Å². The molecule has 0 aromatic rings. The maximum atomic E-state index is 11.2. The lowest BCUT2D eigenvalue weighted by atomic mass is 10.2. The van der Waals surface area contributed by atoms with Gasteiger partial charge in [-0.25, -0.2) is 0 Å². The second-order valence-electron chi connectivity index (χ2n) is 3.89. The molecule has 0 aliphatic heterocycles. The summed E-state index contributed by atoms with van der Waals surface area (Å²) >= 11 is 0. The molecule has 0 heterocycles. The van der Waals surface area contributed by atoms with Crippen molar-refractivity contribution in [3.05, 3.63) is 0 Å². The highest BCUT2D eigenvalue weighted by molar-refractivity contribution is 5.72. The second kappa shape index (κ2) is 6.02. The Bertz CT molecular complexity index is 173. The summed E-state index contributed by atoms with van der Waals surface area (Å²) in [6.45, 7) is 4.63. The molecule has 3 nitrogen and oxygen atoms in total. The SMILES string of the molecule is CCOC(=O)C(C)COC1CCCC1. The van der Waals surface area contributed by atoms with Crippen LogP contribution in [0.4, 0.5) is 0 Å². The van der Waals surface area contributed by atoms with E-state index in [0.717, 1.165) is 12.8 Å². The van der Waals surface area contributed by atoms with Crippen LogP contribution < -0.4 is 0 Å². The first kappa shape index (κ1) is 11.5. The van der Waals surface area contributed by atoms with Crippen LogP contribution in [0.15, 0.2) is 0 Å². The molecule has 1 rings (SSSR count). The lowest BCUT2D eigenvalue weighted by Gasteiger charge is -2.14. The summed E-state index contributed by atoms with van der Waals surface area (Å²) in [4.78, 5) is 11.2. The molecule has 1 atom stereocenters. The van der Waals surface area contributed by atoms with Crippen LogP contribution in [0.5, 0.6) is 0 Å². The maximum Gasteiger partial charge on any atom is 0.310 e. The summed E-state index contributed by atoms with van der Waals surface area (Å²) in [5.41, 5.74) is 0. The fraction of sp³-hybridized carbons (Fsp3) is 0.909. The van der Waals surface area contributed by atoms with Crippen LogP contribution in [0, 0.1) is 5.92 Å². The molecule has 0 aromatic carbocycles. The minimum Gasteiger partial charge on any atom is -0.466 e. The molecule has 0 bridgehead atoms. The first-order valence-corrected chi connectivity index (χ1v) is 5.52. The number of hydrogen-bond acceptors (Lipinski definition) is 3. The van der Waals surface area contributed by atoms with Crippen molar-refractivity contribution in [3.63, 3.8) is 0 Å². The minimum absolute atomic E-state index is 0.129. The van der Waals surface area contributed by atoms with Crippen LogP contribution in [0.3, 0.4) is 0 Å². The number of hydrogen-bond donors (Lipinski definition) is 0. The van der Waals surface area contributed by atoms with Gasteiger partial charge in [0.25, 0.3) is 0 Å². The molecule has 0 radical (unpaired) electrons. The molecule has 1 unspecified atom stereocenters. The van der Waals surface area contributed by atoms with Crippen molar-refractivity contribution >= 4 is 5.97 Å². The highest BCUT2D eigenvalue weighted by Gasteiger charge is 2.19. The maximum absolute atomic E-state index is 11.2. The summed E-state index contributed by atoms with van der Waals surface area (Å²) in [6, 6.07) is 0. The molecule has 0 amide bonds. The second-order valence-corrected chi connectivity index (χ2v) is 3.89. The molecule has 1 saturated carbocycles. The summed E-state index contributed by atoms with van der Waals surface area (Å²) in [5.74, 6) is -0.277. The first-order chi connectivity index (χ1) is 6.74. The Morgan fingerprint density at radius 3 is 2.64 bits per heavy atom. The number of esters is 1. The van der Waals surface area contributed by atoms with Gasteiger partial charge in [-0.05, 0) is 26.7 Å². The molecule has 1 fully saturated rings. The Hall–Kier alpha value is -0.570. The molecular weight excluding hydrogens is 180 g/mol. The van der Waals surface area contributed by atoms with Crippen LogP contribution in [0.25, 0.3) is 0 Å². The smallest absolute Gasteiger partial charge is 0.310 e. The fourth-order valence-electron chi connectivity index (χ4n) is 1.69. The van der Waals surface area contributed by atoms with Gasteiger partial charge in [0.1, 0.15) is 0 Å². The predicted octanol–water partition coefficient (Wildman–Crippen LogP) is 2.14. The summed E-state index contributed by atoms with van der Waals surface area (Å²) in [7, 11) is 0. The number of ether oxygens (including phenoxy) is 2. The predicted molar refractivity (Wildman–Crippen MR) is 54.0 cm³/mol. The third-order valence-electron chi connectivity index (χ3n) is 2.57. The molecule has 1 aliphatic carbocycles. The average Bonchev–Trinajstić information content (AvgIpc) is 2.67. The molecule has 0 aromatic heterocycles. The highest BCUT2D eigenvalue weighted by Crippen LogP contribution is 2.21. The van der Waals surface area contributed by atoms with Gasteiger partial charge in [0.15, 0.2) is 0 Å². The standard InChI is InChI=1S/C11H20O3/c1-3-13-11(12)9(2)8-14-10-6-4-5-7-10/h9-10H,3-8H2,1-2H3. The van der Waals surface area contributed by atoms with Gasteiger partial charge in [0.05, 0.1) is 25.2 Å². The lowest BCUT2D eigenvalue weighted by Crippen LogP contribution is -2.22. The van der Waals surface area contributed by atoms with Gasteiger partial charge in [-0.2, -0.15) is 0 Å². The normalized spacial score (nSPS) is 19.6. The van der Waals surface area contributed by atoms with Crippen LogP contribution in [0.1, 0.15) is 39.5 Å². The summed E-state index contributed by atoms with van der Waals surface area (Å²) < 4.78 is 10.5. The Kier molecular flexibility index (Phi) is 4.94. The molecule has 1 aliphatic rings. The average molecular weight is 200 g/mol. The van der Waals surface area contributed by atoms with Gasteiger partial charge in [0, 0.05) is 0 Å². The molecule has 3 heteroatoms. The first-order valence-electron chi connectivity index (χ1n) is 5.52. The van der Waals surface area contributed by atoms with Crippen LogP contribution in [-0.2, 0) is 14.3 Å². The Morgan fingerprint density at radius 2 is 2.07 bits per heavy atom. The van der Waals surface area contributed by atoms with E-state index < -0.39 is 0 Å². The van der Waals surface area contributed by atoms with Gasteiger partial charge < -0.3 is 9.47 Å². The minimum atomic E-state index is -0.148. The Labute approximate surface area is 85.8 Å². The monoisotopic (exact) mass is 200 g/mol. The number of rotatable bonds is 5. The molecule has 0 saturated heterocycles. The van der Waals surface area contributed by atoms with Crippen molar-refractivity contribution in [1.82, 2.24) is 0 Å². The molecule has 0 N–H and O–H groups in total. The van der Waals surface area contributed by atoms with Gasteiger partial charge >= 0.3 is 5.97 Å². The Balaban J connectivity index is 2.13. The third-order valence-corrected chi connectivity index (χ3v) is 2.57. The third kappa shape index (κ3) is 3.66. The quantitative estimate of drug-likeness (QED) is 0.638. The van der Waals surface area contributed by atoms with E-state index in [9.17, 15) is 4.79 Å². The van der Waals surface area contributed by atoms with Crippen molar-refractivity contribution in [2.24, 2.45) is 5.92 Å². The van der Waals surface area contributed by atoms with E-state index in [-0.39, 0.29) is 11.9 Å². The van der Waals surface area contributed by atoms with Crippen molar-refractivity contribution in [1.29, 1.82) is 0 Å². The zero-order valence-electron chi connectivity index (χ0n) is 9.12. The largest absolute Gasteiger partial charge is 0.466 e. The number of carbonyl (C=O) groups is 1. The summed E-state index contributed by atoms with van der Waals surface area (Å²) in [5, 5.41) is 0. The number of carbonyl (C=O) groups excluding carboxylic acids is 1. The van der Waals surface area contributed by atoms with Crippen molar-refractivity contribution in [3.8, 4) is 0 Å². The van der Waals surface area contributed by atoms with E-state index in [1.807, 2.05) is 13.8 Å². The van der Waals surface area contributed by atoms with Crippen LogP contribution in [0.2, 0.25) is 0 Å². The molecule has 82 valence electrons. The fourth-order valence-corrected chi connectivity index (χ4v) is 1.69. The van der Waals surface area contributed by atoms with Crippen molar-refractivity contribution < 1.29 is 14.3 Å². The molecular formula is C11H20O3. The van der Waals surface area contributed by atoms with Gasteiger partial charge in [-0.3, -0.25) is 4.79 Å². The van der Waals surface area contributed by atoms with Gasteiger partial charge in [0.2, 0.25) is 0 Å². The van der Waals surface area contributed by atoms with Crippen LogP contribution >= 0.6 is 0 Å². The molecule has 14 heavy (non-hydrogen) atoms. The Morgan fingerprint density at radius 1 is 1.43 bits per heavy atom. The van der Waals surface area contributed by atoms with E-state index in [1.165, 1.54) is 12.8 Å². The van der Waals surface area contributed by atoms with Gasteiger partial charge in [-0.15, -0.1) is 0 Å². The van der Waals surface area contributed by atoms with Crippen molar-refractivity contribution in [2.45, 2.75) is 45.6 Å². The van der Waals surface area contributed by atoms with E-state index >= 15 is 0 Å². The van der Waals surface area contributed by atoms with E-state index in [1.54, 1.807) is 0 Å². The van der Waals surface area contributed by atoms with E-state index in [0.29, 0.717) is 19.3 Å². The van der Waals surface area contributed by atoms with E-state index in [4.69, 9.17) is 9.47 Å². The zero-order chi connectivity index (χ0) is 10.4. The van der Waals surface area contributed by atoms with Gasteiger partial charge in [-0.1, -0.05) is 12.8 Å². The lowest BCUT2D eigenvalue weighted by molar-refractivity contribution is -0.150. The van der Waals surface area contributed by atoms with Crippen molar-refractivity contribution in [2.75, 3.05) is 13.2 Å².